The van der Waals surface area contributed by atoms with E-state index in [1.165, 1.54) is 0 Å². The minimum atomic E-state index is -0.481. The molecule has 3 heteroatoms. The first-order valence-corrected chi connectivity index (χ1v) is 2.82. The molecule has 0 aromatic heterocycles. The van der Waals surface area contributed by atoms with E-state index in [0.717, 1.165) is 0 Å². The van der Waals surface area contributed by atoms with Crippen molar-refractivity contribution in [1.29, 1.82) is 0 Å². The maximum absolute atomic E-state index is 8.88. The summed E-state index contributed by atoms with van der Waals surface area (Å²) in [6, 6.07) is -0.204. The van der Waals surface area contributed by atoms with Crippen LogP contribution in [0.1, 0.15) is 12.8 Å². The van der Waals surface area contributed by atoms with Gasteiger partial charge < -0.3 is 15.9 Å². The molecule has 48 valence electrons. The molecule has 8 heavy (non-hydrogen) atoms. The van der Waals surface area contributed by atoms with Crippen molar-refractivity contribution >= 4 is 0 Å². The molecule has 0 saturated heterocycles. The van der Waals surface area contributed by atoms with Crippen molar-refractivity contribution in [2.75, 3.05) is 0 Å². The number of aliphatic hydroxyl groups is 2. The Balaban J connectivity index is 2.39. The zero-order valence-corrected chi connectivity index (χ0v) is 4.62. The van der Waals surface area contributed by atoms with E-state index in [-0.39, 0.29) is 12.1 Å². The summed E-state index contributed by atoms with van der Waals surface area (Å²) in [6.45, 7) is 0. The molecule has 1 rings (SSSR count). The molecule has 1 unspecified atom stereocenters. The van der Waals surface area contributed by atoms with Crippen LogP contribution in [0.3, 0.4) is 0 Å². The SMILES string of the molecule is NC1C[C@@H](O)C[C@H]1O. The van der Waals surface area contributed by atoms with E-state index in [1.807, 2.05) is 0 Å². The first-order valence-electron chi connectivity index (χ1n) is 2.82. The van der Waals surface area contributed by atoms with Gasteiger partial charge in [0.15, 0.2) is 0 Å². The summed E-state index contributed by atoms with van der Waals surface area (Å²) < 4.78 is 0. The number of nitrogens with two attached hydrogens (primary N) is 1. The average molecular weight is 117 g/mol. The first kappa shape index (κ1) is 6.01. The molecule has 0 aromatic rings. The van der Waals surface area contributed by atoms with Crippen molar-refractivity contribution in [2.24, 2.45) is 5.73 Å². The van der Waals surface area contributed by atoms with Gasteiger partial charge in [-0.15, -0.1) is 0 Å². The van der Waals surface area contributed by atoms with Crippen LogP contribution >= 0.6 is 0 Å². The van der Waals surface area contributed by atoms with Crippen molar-refractivity contribution < 1.29 is 10.2 Å². The Labute approximate surface area is 48.1 Å². The number of aliphatic hydroxyl groups excluding tert-OH is 2. The van der Waals surface area contributed by atoms with Gasteiger partial charge in [-0.2, -0.15) is 0 Å². The van der Waals surface area contributed by atoms with Crippen molar-refractivity contribution in [2.45, 2.75) is 31.1 Å². The van der Waals surface area contributed by atoms with E-state index >= 15 is 0 Å². The monoisotopic (exact) mass is 117 g/mol. The number of hydrogen-bond donors (Lipinski definition) is 3. The Morgan fingerprint density at radius 1 is 1.25 bits per heavy atom. The summed E-state index contributed by atoms with van der Waals surface area (Å²) in [5.41, 5.74) is 5.36. The Kier molecular flexibility index (Phi) is 1.51. The van der Waals surface area contributed by atoms with Crippen LogP contribution in [0.4, 0.5) is 0 Å². The summed E-state index contributed by atoms with van der Waals surface area (Å²) in [6.07, 6.45) is 0.132. The van der Waals surface area contributed by atoms with Gasteiger partial charge in [-0.1, -0.05) is 0 Å². The zero-order valence-electron chi connectivity index (χ0n) is 4.62. The standard InChI is InChI=1S/C5H11NO2/c6-4-1-3(7)2-5(4)8/h3-5,7-8H,1-2,6H2/t3-,4?,5-/m1/s1. The molecule has 0 aromatic carbocycles. The minimum absolute atomic E-state index is 0.204. The van der Waals surface area contributed by atoms with Crippen LogP contribution in [0.15, 0.2) is 0 Å². The van der Waals surface area contributed by atoms with Crippen LogP contribution in [0.25, 0.3) is 0 Å². The molecule has 0 heterocycles. The molecule has 0 amide bonds. The van der Waals surface area contributed by atoms with Gasteiger partial charge in [-0.3, -0.25) is 0 Å². The zero-order chi connectivity index (χ0) is 6.15. The molecule has 1 saturated carbocycles. The van der Waals surface area contributed by atoms with Crippen LogP contribution in [0, 0.1) is 0 Å². The van der Waals surface area contributed by atoms with Crippen LogP contribution in [-0.2, 0) is 0 Å². The lowest BCUT2D eigenvalue weighted by Gasteiger charge is -2.04. The van der Waals surface area contributed by atoms with Crippen molar-refractivity contribution in [3.8, 4) is 0 Å². The van der Waals surface area contributed by atoms with Gasteiger partial charge >= 0.3 is 0 Å². The molecule has 1 fully saturated rings. The van der Waals surface area contributed by atoms with Crippen molar-refractivity contribution in [3.05, 3.63) is 0 Å². The van der Waals surface area contributed by atoms with Gasteiger partial charge in [0.1, 0.15) is 0 Å². The molecule has 0 radical (unpaired) electrons. The van der Waals surface area contributed by atoms with Gasteiger partial charge in [0.05, 0.1) is 12.2 Å². The second-order valence-corrected chi connectivity index (χ2v) is 2.36. The van der Waals surface area contributed by atoms with Gasteiger partial charge in [0, 0.05) is 12.5 Å². The molecular formula is C5H11NO2. The van der Waals surface area contributed by atoms with Crippen LogP contribution in [0.2, 0.25) is 0 Å². The predicted octanol–water partition coefficient (Wildman–Crippen LogP) is -1.17. The van der Waals surface area contributed by atoms with E-state index in [4.69, 9.17) is 15.9 Å². The molecule has 0 spiro atoms. The van der Waals surface area contributed by atoms with Crippen LogP contribution < -0.4 is 5.73 Å². The maximum Gasteiger partial charge on any atom is 0.0716 e. The highest BCUT2D eigenvalue weighted by Crippen LogP contribution is 2.16. The van der Waals surface area contributed by atoms with E-state index in [9.17, 15) is 0 Å². The quantitative estimate of drug-likeness (QED) is 0.374. The lowest BCUT2D eigenvalue weighted by molar-refractivity contribution is 0.133. The lowest BCUT2D eigenvalue weighted by Crippen LogP contribution is -2.28. The van der Waals surface area contributed by atoms with Crippen LogP contribution in [0.5, 0.6) is 0 Å². The summed E-state index contributed by atoms with van der Waals surface area (Å²) in [4.78, 5) is 0. The van der Waals surface area contributed by atoms with Crippen molar-refractivity contribution in [1.82, 2.24) is 0 Å². The number of hydrogen-bond acceptors (Lipinski definition) is 3. The van der Waals surface area contributed by atoms with E-state index in [1.54, 1.807) is 0 Å². The van der Waals surface area contributed by atoms with Gasteiger partial charge in [0.2, 0.25) is 0 Å². The average Bonchev–Trinajstić information content (AvgIpc) is 1.85. The largest absolute Gasteiger partial charge is 0.393 e. The molecule has 3 atom stereocenters. The van der Waals surface area contributed by atoms with E-state index < -0.39 is 6.10 Å². The van der Waals surface area contributed by atoms with Crippen molar-refractivity contribution in [3.63, 3.8) is 0 Å². The molecule has 0 bridgehead atoms. The third-order valence-electron chi connectivity index (χ3n) is 1.55. The van der Waals surface area contributed by atoms with E-state index in [2.05, 4.69) is 0 Å². The van der Waals surface area contributed by atoms with E-state index in [0.29, 0.717) is 12.8 Å². The Morgan fingerprint density at radius 3 is 2.00 bits per heavy atom. The second-order valence-electron chi connectivity index (χ2n) is 2.36. The van der Waals surface area contributed by atoms with Gasteiger partial charge in [-0.25, -0.2) is 0 Å². The third kappa shape index (κ3) is 0.992. The minimum Gasteiger partial charge on any atom is -0.393 e. The summed E-state index contributed by atoms with van der Waals surface area (Å²) in [7, 11) is 0. The third-order valence-corrected chi connectivity index (χ3v) is 1.55. The number of rotatable bonds is 0. The summed E-state index contributed by atoms with van der Waals surface area (Å²) in [5.74, 6) is 0. The molecule has 3 nitrogen and oxygen atoms in total. The normalized spacial score (nSPS) is 47.6. The molecule has 0 aliphatic heterocycles. The summed E-state index contributed by atoms with van der Waals surface area (Å²) in [5, 5.41) is 17.7. The van der Waals surface area contributed by atoms with Gasteiger partial charge in [-0.05, 0) is 6.42 Å². The second kappa shape index (κ2) is 2.01. The fourth-order valence-electron chi connectivity index (χ4n) is 1.02. The molecule has 1 aliphatic carbocycles. The highest BCUT2D eigenvalue weighted by atomic mass is 16.3. The fourth-order valence-corrected chi connectivity index (χ4v) is 1.02. The smallest absolute Gasteiger partial charge is 0.0716 e. The highest BCUT2D eigenvalue weighted by Gasteiger charge is 2.28. The topological polar surface area (TPSA) is 66.5 Å². The Bertz CT molecular complexity index is 76.5. The van der Waals surface area contributed by atoms with Gasteiger partial charge in [0.25, 0.3) is 0 Å². The molecule has 1 aliphatic rings. The lowest BCUT2D eigenvalue weighted by atomic mass is 10.2. The Morgan fingerprint density at radius 2 is 1.88 bits per heavy atom. The first-order chi connectivity index (χ1) is 3.70. The molecular weight excluding hydrogens is 106 g/mol. The summed E-state index contributed by atoms with van der Waals surface area (Å²) >= 11 is 0. The van der Waals surface area contributed by atoms with Crippen LogP contribution in [-0.4, -0.2) is 28.5 Å². The Hall–Kier alpha value is -0.120. The highest BCUT2D eigenvalue weighted by molar-refractivity contribution is 4.85. The molecule has 4 N–H and O–H groups in total. The fraction of sp³-hybridized carbons (Fsp3) is 1.00. The predicted molar refractivity (Wildman–Crippen MR) is 29.2 cm³/mol. The maximum atomic E-state index is 8.88.